The highest BCUT2D eigenvalue weighted by Crippen LogP contribution is 2.28. The minimum atomic E-state index is -4.37. The van der Waals surface area contributed by atoms with Crippen LogP contribution in [0.2, 0.25) is 10.4 Å². The summed E-state index contributed by atoms with van der Waals surface area (Å²) >= 11 is 13.9. The quantitative estimate of drug-likeness (QED) is 0.610. The van der Waals surface area contributed by atoms with Gasteiger partial charge in [-0.15, -0.1) is 0 Å². The molecule has 0 saturated heterocycles. The van der Waals surface area contributed by atoms with E-state index >= 15 is 0 Å². The SMILES string of the molecule is O=S(=O)(Nc1cc(Cl)nc(Cl)n1)c1c(F)cc(F)cc1Br. The topological polar surface area (TPSA) is 72.0 Å². The number of halogens is 5. The molecule has 1 heterocycles. The smallest absolute Gasteiger partial charge is 0.263 e. The van der Waals surface area contributed by atoms with E-state index in [0.717, 1.165) is 12.1 Å². The van der Waals surface area contributed by atoms with Gasteiger partial charge in [-0.05, 0) is 33.6 Å². The number of hydrogen-bond acceptors (Lipinski definition) is 4. The van der Waals surface area contributed by atoms with Gasteiger partial charge in [0.2, 0.25) is 5.28 Å². The van der Waals surface area contributed by atoms with Crippen LogP contribution in [0.3, 0.4) is 0 Å². The summed E-state index contributed by atoms with van der Waals surface area (Å²) in [6.07, 6.45) is 0. The van der Waals surface area contributed by atoms with Gasteiger partial charge < -0.3 is 0 Å². The lowest BCUT2D eigenvalue weighted by Gasteiger charge is -2.10. The highest BCUT2D eigenvalue weighted by Gasteiger charge is 2.24. The number of nitrogens with one attached hydrogen (secondary N) is 1. The zero-order valence-electron chi connectivity index (χ0n) is 9.74. The third-order valence-electron chi connectivity index (χ3n) is 2.14. The van der Waals surface area contributed by atoms with Gasteiger partial charge in [-0.3, -0.25) is 4.72 Å². The van der Waals surface area contributed by atoms with Gasteiger partial charge in [-0.2, -0.15) is 4.98 Å². The minimum Gasteiger partial charge on any atom is -0.263 e. The molecule has 0 amide bonds. The summed E-state index contributed by atoms with van der Waals surface area (Å²) in [7, 11) is -4.37. The Morgan fingerprint density at radius 3 is 2.38 bits per heavy atom. The predicted octanol–water partition coefficient (Wildman–Crippen LogP) is 3.62. The lowest BCUT2D eigenvalue weighted by molar-refractivity contribution is 0.548. The number of hydrogen-bond donors (Lipinski definition) is 1. The molecule has 0 spiro atoms. The van der Waals surface area contributed by atoms with Crippen LogP contribution >= 0.6 is 39.1 Å². The average molecular weight is 419 g/mol. The van der Waals surface area contributed by atoms with Gasteiger partial charge in [0.05, 0.1) is 0 Å². The Kier molecular flexibility index (Phi) is 4.66. The second-order valence-corrected chi connectivity index (χ2v) is 6.85. The third kappa shape index (κ3) is 3.79. The van der Waals surface area contributed by atoms with Crippen LogP contribution in [-0.4, -0.2) is 18.4 Å². The fourth-order valence-corrected chi connectivity index (χ4v) is 3.99. The second kappa shape index (κ2) is 5.99. The molecule has 2 rings (SSSR count). The van der Waals surface area contributed by atoms with Crippen molar-refractivity contribution in [1.29, 1.82) is 0 Å². The van der Waals surface area contributed by atoms with E-state index in [1.165, 1.54) is 0 Å². The van der Waals surface area contributed by atoms with E-state index in [-0.39, 0.29) is 20.7 Å². The summed E-state index contributed by atoms with van der Waals surface area (Å²) in [6, 6.07) is 2.34. The van der Waals surface area contributed by atoms with Gasteiger partial charge in [-0.25, -0.2) is 22.2 Å². The lowest BCUT2D eigenvalue weighted by atomic mass is 10.3. The number of sulfonamides is 1. The number of rotatable bonds is 3. The molecule has 21 heavy (non-hydrogen) atoms. The largest absolute Gasteiger partial charge is 0.267 e. The molecule has 0 saturated carbocycles. The summed E-state index contributed by atoms with van der Waals surface area (Å²) in [5, 5.41) is -0.398. The van der Waals surface area contributed by atoms with Crippen LogP contribution in [0.25, 0.3) is 0 Å². The summed E-state index contributed by atoms with van der Waals surface area (Å²) < 4.78 is 52.6. The molecule has 1 aromatic carbocycles. The van der Waals surface area contributed by atoms with Gasteiger partial charge in [0, 0.05) is 16.6 Å². The minimum absolute atomic E-state index is 0.105. The van der Waals surface area contributed by atoms with E-state index in [4.69, 9.17) is 23.2 Å². The molecule has 1 N–H and O–H groups in total. The van der Waals surface area contributed by atoms with E-state index in [2.05, 4.69) is 25.9 Å². The molecule has 0 unspecified atom stereocenters. The first-order valence-corrected chi connectivity index (χ1v) is 8.10. The molecule has 0 fully saturated rings. The maximum absolute atomic E-state index is 13.7. The Bertz CT molecular complexity index is 777. The molecule has 5 nitrogen and oxygen atoms in total. The zero-order chi connectivity index (χ0) is 15.8. The van der Waals surface area contributed by atoms with Crippen molar-refractivity contribution in [3.8, 4) is 0 Å². The monoisotopic (exact) mass is 417 g/mol. The molecule has 1 aromatic heterocycles. The number of aromatic nitrogens is 2. The van der Waals surface area contributed by atoms with Crippen molar-refractivity contribution in [1.82, 2.24) is 9.97 Å². The standard InChI is InChI=1S/C10H4BrCl2F2N3O2S/c11-5-1-4(14)2-6(15)9(5)21(19,20)18-8-3-7(12)16-10(13)17-8/h1-3H,(H,16,17,18). The van der Waals surface area contributed by atoms with Crippen LogP contribution in [0.15, 0.2) is 27.6 Å². The Hall–Kier alpha value is -1.03. The van der Waals surface area contributed by atoms with Crippen LogP contribution in [0, 0.1) is 11.6 Å². The maximum atomic E-state index is 13.7. The number of benzene rings is 1. The van der Waals surface area contributed by atoms with Crippen molar-refractivity contribution in [3.05, 3.63) is 44.7 Å². The van der Waals surface area contributed by atoms with Crippen LogP contribution in [0.4, 0.5) is 14.6 Å². The Balaban J connectivity index is 2.48. The highest BCUT2D eigenvalue weighted by atomic mass is 79.9. The van der Waals surface area contributed by atoms with Crippen molar-refractivity contribution < 1.29 is 17.2 Å². The van der Waals surface area contributed by atoms with Gasteiger partial charge in [0.25, 0.3) is 10.0 Å². The number of anilines is 1. The van der Waals surface area contributed by atoms with E-state index in [1.807, 2.05) is 4.72 Å². The van der Waals surface area contributed by atoms with Crippen molar-refractivity contribution in [2.45, 2.75) is 4.90 Å². The molecule has 2 aromatic rings. The van der Waals surface area contributed by atoms with E-state index in [1.54, 1.807) is 0 Å². The van der Waals surface area contributed by atoms with E-state index in [9.17, 15) is 17.2 Å². The number of nitrogens with zero attached hydrogens (tertiary/aromatic N) is 2. The molecule has 0 bridgehead atoms. The molecule has 0 aliphatic heterocycles. The van der Waals surface area contributed by atoms with Gasteiger partial charge in [0.15, 0.2) is 0 Å². The van der Waals surface area contributed by atoms with Crippen LogP contribution in [0.1, 0.15) is 0 Å². The fraction of sp³-hybridized carbons (Fsp3) is 0. The summed E-state index contributed by atoms with van der Waals surface area (Å²) in [5.41, 5.74) is 0. The lowest BCUT2D eigenvalue weighted by Crippen LogP contribution is -2.16. The fourth-order valence-electron chi connectivity index (χ4n) is 1.42. The predicted molar refractivity (Wildman–Crippen MR) is 76.9 cm³/mol. The first kappa shape index (κ1) is 16.3. The van der Waals surface area contributed by atoms with Crippen molar-refractivity contribution in [2.75, 3.05) is 4.72 Å². The first-order chi connectivity index (χ1) is 9.69. The Labute approximate surface area is 136 Å². The van der Waals surface area contributed by atoms with Gasteiger partial charge in [0.1, 0.15) is 27.5 Å². The second-order valence-electron chi connectivity index (χ2n) is 3.65. The molecule has 11 heteroatoms. The molecule has 0 atom stereocenters. The van der Waals surface area contributed by atoms with Crippen LogP contribution < -0.4 is 4.72 Å². The highest BCUT2D eigenvalue weighted by molar-refractivity contribution is 9.10. The molecule has 0 aliphatic rings. The summed E-state index contributed by atoms with van der Waals surface area (Å²) in [6.45, 7) is 0. The van der Waals surface area contributed by atoms with E-state index in [0.29, 0.717) is 6.07 Å². The Morgan fingerprint density at radius 1 is 1.14 bits per heavy atom. The molecule has 0 aliphatic carbocycles. The van der Waals surface area contributed by atoms with Crippen molar-refractivity contribution in [2.24, 2.45) is 0 Å². The normalized spacial score (nSPS) is 11.5. The van der Waals surface area contributed by atoms with Gasteiger partial charge >= 0.3 is 0 Å². The molecule has 0 radical (unpaired) electrons. The van der Waals surface area contributed by atoms with Gasteiger partial charge in [-0.1, -0.05) is 11.6 Å². The summed E-state index contributed by atoms with van der Waals surface area (Å²) in [4.78, 5) is 6.36. The van der Waals surface area contributed by atoms with Crippen LogP contribution in [-0.2, 0) is 10.0 Å². The average Bonchev–Trinajstić information content (AvgIpc) is 2.23. The van der Waals surface area contributed by atoms with Crippen molar-refractivity contribution in [3.63, 3.8) is 0 Å². The van der Waals surface area contributed by atoms with Crippen LogP contribution in [0.5, 0.6) is 0 Å². The zero-order valence-corrected chi connectivity index (χ0v) is 13.7. The Morgan fingerprint density at radius 2 is 1.81 bits per heavy atom. The third-order valence-corrected chi connectivity index (χ3v) is 4.82. The van der Waals surface area contributed by atoms with Crippen molar-refractivity contribution >= 4 is 55.0 Å². The van der Waals surface area contributed by atoms with E-state index < -0.39 is 26.6 Å². The molecule has 112 valence electrons. The molecular weight excluding hydrogens is 415 g/mol. The summed E-state index contributed by atoms with van der Waals surface area (Å²) in [5.74, 6) is -2.44. The first-order valence-electron chi connectivity index (χ1n) is 5.06. The molecular formula is C10H4BrCl2F2N3O2S. The maximum Gasteiger partial charge on any atom is 0.267 e.